The van der Waals surface area contributed by atoms with Gasteiger partial charge >= 0.3 is 0 Å². The Morgan fingerprint density at radius 1 is 1.08 bits per heavy atom. The Bertz CT molecular complexity index is 762. The van der Waals surface area contributed by atoms with Crippen LogP contribution in [0.4, 0.5) is 8.78 Å². The molecule has 0 aliphatic carbocycles. The Balaban J connectivity index is 1.60. The van der Waals surface area contributed by atoms with Crippen LogP contribution < -0.4 is 0 Å². The molecule has 1 heterocycles. The van der Waals surface area contributed by atoms with Crippen molar-refractivity contribution in [3.8, 4) is 0 Å². The molecular weight excluding hydrogens is 330 g/mol. The van der Waals surface area contributed by atoms with Gasteiger partial charge in [0.2, 0.25) is 5.91 Å². The van der Waals surface area contributed by atoms with Crippen molar-refractivity contribution in [3.05, 3.63) is 71.3 Å². The zero-order chi connectivity index (χ0) is 16.9. The van der Waals surface area contributed by atoms with E-state index in [4.69, 9.17) is 0 Å². The Hall–Kier alpha value is -2.21. The Morgan fingerprint density at radius 2 is 1.88 bits per heavy atom. The Morgan fingerprint density at radius 3 is 2.62 bits per heavy atom. The van der Waals surface area contributed by atoms with Crippen LogP contribution in [0.5, 0.6) is 0 Å². The van der Waals surface area contributed by atoms with Crippen LogP contribution in [0, 0.1) is 11.6 Å². The van der Waals surface area contributed by atoms with E-state index in [2.05, 4.69) is 4.99 Å². The van der Waals surface area contributed by atoms with Crippen LogP contribution in [-0.4, -0.2) is 29.1 Å². The number of amidine groups is 1. The number of carbonyl (C=O) groups excluding carboxylic acids is 1. The molecule has 3 nitrogen and oxygen atoms in total. The standard InChI is InChI=1S/C18H16F2N2OS/c19-15-6-4-13(5-7-15)11-17(23)22-9-8-21-18(22)24-12-14-2-1-3-16(20)10-14/h1-7,10H,8-9,11-12H2. The summed E-state index contributed by atoms with van der Waals surface area (Å²) in [6.45, 7) is 1.12. The number of nitrogens with zero attached hydrogens (tertiary/aromatic N) is 2. The third kappa shape index (κ3) is 4.20. The first kappa shape index (κ1) is 16.6. The van der Waals surface area contributed by atoms with E-state index in [1.807, 2.05) is 6.07 Å². The zero-order valence-electron chi connectivity index (χ0n) is 12.9. The molecule has 0 atom stereocenters. The lowest BCUT2D eigenvalue weighted by atomic mass is 10.1. The molecule has 3 rings (SSSR count). The van der Waals surface area contributed by atoms with Gasteiger partial charge in [-0.3, -0.25) is 14.7 Å². The minimum atomic E-state index is -0.319. The molecule has 2 aromatic rings. The number of hydrogen-bond donors (Lipinski definition) is 0. The van der Waals surface area contributed by atoms with Gasteiger partial charge < -0.3 is 0 Å². The van der Waals surface area contributed by atoms with Crippen LogP contribution >= 0.6 is 11.8 Å². The van der Waals surface area contributed by atoms with Crippen molar-refractivity contribution in [1.82, 2.24) is 4.90 Å². The van der Waals surface area contributed by atoms with E-state index in [-0.39, 0.29) is 24.0 Å². The molecule has 0 saturated carbocycles. The lowest BCUT2D eigenvalue weighted by molar-refractivity contribution is -0.126. The maximum absolute atomic E-state index is 13.2. The molecule has 0 spiro atoms. The molecule has 0 N–H and O–H groups in total. The van der Waals surface area contributed by atoms with Crippen molar-refractivity contribution in [2.24, 2.45) is 4.99 Å². The summed E-state index contributed by atoms with van der Waals surface area (Å²) in [7, 11) is 0. The van der Waals surface area contributed by atoms with Crippen LogP contribution in [0.1, 0.15) is 11.1 Å². The van der Waals surface area contributed by atoms with Gasteiger partial charge in [-0.1, -0.05) is 36.0 Å². The fourth-order valence-electron chi connectivity index (χ4n) is 2.43. The summed E-state index contributed by atoms with van der Waals surface area (Å²) in [5.74, 6) is -0.104. The van der Waals surface area contributed by atoms with E-state index in [0.29, 0.717) is 24.0 Å². The van der Waals surface area contributed by atoms with Gasteiger partial charge in [0.25, 0.3) is 0 Å². The number of hydrogen-bond acceptors (Lipinski definition) is 3. The Labute approximate surface area is 143 Å². The SMILES string of the molecule is O=C(Cc1ccc(F)cc1)N1CCN=C1SCc1cccc(F)c1. The number of aliphatic imine (C=N–C) groups is 1. The molecule has 0 unspecified atom stereocenters. The van der Waals surface area contributed by atoms with Crippen molar-refractivity contribution < 1.29 is 13.6 Å². The van der Waals surface area contributed by atoms with Gasteiger partial charge in [0.1, 0.15) is 11.6 Å². The van der Waals surface area contributed by atoms with Gasteiger partial charge in [-0.15, -0.1) is 0 Å². The third-order valence-corrected chi connectivity index (χ3v) is 4.71. The van der Waals surface area contributed by atoms with Crippen molar-refractivity contribution in [3.63, 3.8) is 0 Å². The fraction of sp³-hybridized carbons (Fsp3) is 0.222. The molecule has 0 fully saturated rings. The van der Waals surface area contributed by atoms with E-state index in [1.165, 1.54) is 36.0 Å². The van der Waals surface area contributed by atoms with Gasteiger partial charge in [-0.05, 0) is 35.4 Å². The second-order valence-corrected chi connectivity index (χ2v) is 6.37. The molecule has 24 heavy (non-hydrogen) atoms. The number of amides is 1. The number of thioether (sulfide) groups is 1. The molecule has 1 aliphatic rings. The predicted octanol–water partition coefficient (Wildman–Crippen LogP) is 3.64. The number of halogens is 2. The second-order valence-electron chi connectivity index (χ2n) is 5.43. The summed E-state index contributed by atoms with van der Waals surface area (Å²) < 4.78 is 26.1. The Kier molecular flexibility index (Phi) is 5.25. The van der Waals surface area contributed by atoms with Gasteiger partial charge in [0.05, 0.1) is 13.0 Å². The molecule has 0 saturated heterocycles. The first-order valence-corrected chi connectivity index (χ1v) is 8.57. The van der Waals surface area contributed by atoms with Crippen molar-refractivity contribution >= 4 is 22.8 Å². The van der Waals surface area contributed by atoms with Crippen molar-refractivity contribution in [1.29, 1.82) is 0 Å². The van der Waals surface area contributed by atoms with E-state index in [0.717, 1.165) is 11.1 Å². The lowest BCUT2D eigenvalue weighted by Crippen LogP contribution is -2.34. The van der Waals surface area contributed by atoms with Crippen LogP contribution in [0.3, 0.4) is 0 Å². The van der Waals surface area contributed by atoms with Crippen LogP contribution in [0.15, 0.2) is 53.5 Å². The quantitative estimate of drug-likeness (QED) is 0.847. The molecule has 0 aromatic heterocycles. The summed E-state index contributed by atoms with van der Waals surface area (Å²) in [5.41, 5.74) is 1.61. The van der Waals surface area contributed by atoms with Crippen LogP contribution in [0.2, 0.25) is 0 Å². The maximum atomic E-state index is 13.2. The smallest absolute Gasteiger partial charge is 0.233 e. The number of benzene rings is 2. The second kappa shape index (κ2) is 7.57. The van der Waals surface area contributed by atoms with Crippen molar-refractivity contribution in [2.75, 3.05) is 13.1 Å². The van der Waals surface area contributed by atoms with Gasteiger partial charge in [0, 0.05) is 12.3 Å². The maximum Gasteiger partial charge on any atom is 0.233 e. The minimum absolute atomic E-state index is 0.0652. The molecule has 0 bridgehead atoms. The van der Waals surface area contributed by atoms with Crippen LogP contribution in [0.25, 0.3) is 0 Å². The largest absolute Gasteiger partial charge is 0.289 e. The molecule has 6 heteroatoms. The van der Waals surface area contributed by atoms with Crippen LogP contribution in [-0.2, 0) is 17.0 Å². The number of rotatable bonds is 4. The highest BCUT2D eigenvalue weighted by Crippen LogP contribution is 2.21. The first-order valence-electron chi connectivity index (χ1n) is 7.58. The van der Waals surface area contributed by atoms with Gasteiger partial charge in [0.15, 0.2) is 5.17 Å². The van der Waals surface area contributed by atoms with Crippen molar-refractivity contribution in [2.45, 2.75) is 12.2 Å². The summed E-state index contributed by atoms with van der Waals surface area (Å²) in [5, 5.41) is 0.659. The fourth-order valence-corrected chi connectivity index (χ4v) is 3.44. The van der Waals surface area contributed by atoms with Gasteiger partial charge in [-0.2, -0.15) is 0 Å². The van der Waals surface area contributed by atoms with E-state index >= 15 is 0 Å². The van der Waals surface area contributed by atoms with E-state index in [1.54, 1.807) is 23.1 Å². The summed E-state index contributed by atoms with van der Waals surface area (Å²) in [6.07, 6.45) is 0.208. The highest BCUT2D eigenvalue weighted by atomic mass is 32.2. The monoisotopic (exact) mass is 346 g/mol. The van der Waals surface area contributed by atoms with E-state index in [9.17, 15) is 13.6 Å². The average molecular weight is 346 g/mol. The van der Waals surface area contributed by atoms with Gasteiger partial charge in [-0.25, -0.2) is 8.78 Å². The predicted molar refractivity (Wildman–Crippen MR) is 91.8 cm³/mol. The third-order valence-electron chi connectivity index (χ3n) is 3.63. The molecule has 2 aromatic carbocycles. The molecule has 1 amide bonds. The minimum Gasteiger partial charge on any atom is -0.289 e. The molecule has 1 aliphatic heterocycles. The lowest BCUT2D eigenvalue weighted by Gasteiger charge is -2.18. The summed E-state index contributed by atoms with van der Waals surface area (Å²) >= 11 is 1.42. The average Bonchev–Trinajstić information content (AvgIpc) is 3.04. The topological polar surface area (TPSA) is 32.7 Å². The number of carbonyl (C=O) groups is 1. The zero-order valence-corrected chi connectivity index (χ0v) is 13.7. The normalized spacial score (nSPS) is 13.9. The highest BCUT2D eigenvalue weighted by Gasteiger charge is 2.24. The first-order chi connectivity index (χ1) is 11.6. The molecular formula is C18H16F2N2OS. The molecule has 0 radical (unpaired) electrons. The summed E-state index contributed by atoms with van der Waals surface area (Å²) in [6, 6.07) is 12.3. The summed E-state index contributed by atoms with van der Waals surface area (Å²) in [4.78, 5) is 18.5. The molecule has 124 valence electrons. The van der Waals surface area contributed by atoms with E-state index < -0.39 is 0 Å². The highest BCUT2D eigenvalue weighted by molar-refractivity contribution is 8.13.